The van der Waals surface area contributed by atoms with Crippen LogP contribution in [-0.4, -0.2) is 26.4 Å². The molecule has 0 radical (unpaired) electrons. The Labute approximate surface area is 149 Å². The summed E-state index contributed by atoms with van der Waals surface area (Å²) in [6, 6.07) is 16.0. The van der Waals surface area contributed by atoms with Gasteiger partial charge in [0.05, 0.1) is 11.8 Å². The third-order valence-electron chi connectivity index (χ3n) is 4.18. The molecule has 0 fully saturated rings. The number of nitrogens with zero attached hydrogens (tertiary/aromatic N) is 4. The van der Waals surface area contributed by atoms with Crippen LogP contribution in [0.2, 0.25) is 0 Å². The van der Waals surface area contributed by atoms with E-state index in [0.717, 1.165) is 16.8 Å². The van der Waals surface area contributed by atoms with Crippen LogP contribution in [0.15, 0.2) is 59.6 Å². The lowest BCUT2D eigenvalue weighted by Crippen LogP contribution is -2.21. The van der Waals surface area contributed by atoms with Gasteiger partial charge < -0.3 is 0 Å². The Morgan fingerprint density at radius 2 is 1.88 bits per heavy atom. The summed E-state index contributed by atoms with van der Waals surface area (Å²) in [6.45, 7) is 1.40. The lowest BCUT2D eigenvalue weighted by atomic mass is 9.96. The second-order valence-corrected chi connectivity index (χ2v) is 6.06. The van der Waals surface area contributed by atoms with Crippen molar-refractivity contribution in [1.29, 1.82) is 0 Å². The highest BCUT2D eigenvalue weighted by atomic mass is 19.1. The standard InChI is InChI=1S/C19H16FN5O/c1-12(26)21-18-23-19-22-16(13-5-3-2-4-6-13)11-17(25(19)24-18)14-7-9-15(20)10-8-14/h2-10,17H,11H2,1H3,(H,21,24,26). The zero-order chi connectivity index (χ0) is 18.1. The van der Waals surface area contributed by atoms with Crippen LogP contribution in [0.4, 0.5) is 16.3 Å². The van der Waals surface area contributed by atoms with Crippen LogP contribution in [0.25, 0.3) is 0 Å². The molecule has 3 aromatic rings. The molecule has 0 saturated heterocycles. The molecule has 130 valence electrons. The molecule has 0 bridgehead atoms. The van der Waals surface area contributed by atoms with Crippen LogP contribution in [0.5, 0.6) is 0 Å². The summed E-state index contributed by atoms with van der Waals surface area (Å²) in [5.41, 5.74) is 2.76. The molecule has 1 aliphatic heterocycles. The van der Waals surface area contributed by atoms with Gasteiger partial charge in [0.1, 0.15) is 5.82 Å². The predicted octanol–water partition coefficient (Wildman–Crippen LogP) is 3.49. The molecule has 1 amide bonds. The molecule has 2 heterocycles. The molecule has 1 aliphatic rings. The van der Waals surface area contributed by atoms with Gasteiger partial charge in [-0.15, -0.1) is 5.10 Å². The van der Waals surface area contributed by atoms with Crippen molar-refractivity contribution in [2.75, 3.05) is 5.32 Å². The van der Waals surface area contributed by atoms with Gasteiger partial charge in [-0.3, -0.25) is 10.1 Å². The highest BCUT2D eigenvalue weighted by molar-refractivity contribution is 6.02. The van der Waals surface area contributed by atoms with E-state index in [1.807, 2.05) is 30.3 Å². The fourth-order valence-electron chi connectivity index (χ4n) is 3.00. The molecule has 0 spiro atoms. The van der Waals surface area contributed by atoms with Crippen LogP contribution in [0.1, 0.15) is 30.5 Å². The van der Waals surface area contributed by atoms with Gasteiger partial charge in [-0.05, 0) is 23.3 Å². The van der Waals surface area contributed by atoms with Crippen molar-refractivity contribution in [2.24, 2.45) is 4.99 Å². The van der Waals surface area contributed by atoms with E-state index in [4.69, 9.17) is 0 Å². The van der Waals surface area contributed by atoms with Gasteiger partial charge >= 0.3 is 0 Å². The number of carbonyl (C=O) groups is 1. The lowest BCUT2D eigenvalue weighted by Gasteiger charge is -2.23. The maximum absolute atomic E-state index is 13.3. The Kier molecular flexibility index (Phi) is 4.04. The number of hydrogen-bond donors (Lipinski definition) is 1. The van der Waals surface area contributed by atoms with Gasteiger partial charge in [-0.25, -0.2) is 14.1 Å². The zero-order valence-electron chi connectivity index (χ0n) is 14.1. The third-order valence-corrected chi connectivity index (χ3v) is 4.18. The summed E-state index contributed by atoms with van der Waals surface area (Å²) in [5, 5.41) is 6.96. The predicted molar refractivity (Wildman–Crippen MR) is 96.1 cm³/mol. The average molecular weight is 349 g/mol. The maximum atomic E-state index is 13.3. The molecule has 1 atom stereocenters. The van der Waals surface area contributed by atoms with Crippen LogP contribution in [-0.2, 0) is 4.79 Å². The summed E-state index contributed by atoms with van der Waals surface area (Å²) in [6.07, 6.45) is 0.589. The Morgan fingerprint density at radius 3 is 2.58 bits per heavy atom. The highest BCUT2D eigenvalue weighted by Crippen LogP contribution is 2.33. The Hall–Kier alpha value is -3.35. The molecule has 6 nitrogen and oxygen atoms in total. The molecule has 1 N–H and O–H groups in total. The quantitative estimate of drug-likeness (QED) is 0.787. The molecule has 1 unspecified atom stereocenters. The summed E-state index contributed by atoms with van der Waals surface area (Å²) in [5.74, 6) is 0.0728. The molecule has 1 aromatic heterocycles. The Bertz CT molecular complexity index is 979. The van der Waals surface area contributed by atoms with Crippen molar-refractivity contribution in [3.8, 4) is 0 Å². The first-order valence-electron chi connectivity index (χ1n) is 8.23. The van der Waals surface area contributed by atoms with Gasteiger partial charge in [-0.2, -0.15) is 4.98 Å². The number of fused-ring (bicyclic) bond motifs is 1. The molecule has 0 aliphatic carbocycles. The minimum Gasteiger partial charge on any atom is -0.293 e. The van der Waals surface area contributed by atoms with Gasteiger partial charge in [-0.1, -0.05) is 42.5 Å². The molecule has 7 heteroatoms. The highest BCUT2D eigenvalue weighted by Gasteiger charge is 2.27. The minimum atomic E-state index is -0.292. The maximum Gasteiger partial charge on any atom is 0.250 e. The summed E-state index contributed by atoms with van der Waals surface area (Å²) in [7, 11) is 0. The first-order chi connectivity index (χ1) is 12.6. The van der Waals surface area contributed by atoms with Crippen molar-refractivity contribution in [3.05, 3.63) is 71.5 Å². The van der Waals surface area contributed by atoms with E-state index in [1.165, 1.54) is 19.1 Å². The zero-order valence-corrected chi connectivity index (χ0v) is 14.1. The van der Waals surface area contributed by atoms with E-state index in [-0.39, 0.29) is 23.7 Å². The summed E-state index contributed by atoms with van der Waals surface area (Å²) in [4.78, 5) is 20.3. The average Bonchev–Trinajstić information content (AvgIpc) is 3.04. The van der Waals surface area contributed by atoms with Crippen molar-refractivity contribution in [2.45, 2.75) is 19.4 Å². The van der Waals surface area contributed by atoms with Gasteiger partial charge in [0, 0.05) is 13.3 Å². The molecule has 2 aromatic carbocycles. The van der Waals surface area contributed by atoms with E-state index < -0.39 is 0 Å². The second-order valence-electron chi connectivity index (χ2n) is 6.06. The van der Waals surface area contributed by atoms with Gasteiger partial charge in [0.25, 0.3) is 11.9 Å². The monoisotopic (exact) mass is 349 g/mol. The normalized spacial score (nSPS) is 15.9. The second kappa shape index (κ2) is 6.51. The Morgan fingerprint density at radius 1 is 1.15 bits per heavy atom. The number of hydrogen-bond acceptors (Lipinski definition) is 4. The fourth-order valence-corrected chi connectivity index (χ4v) is 3.00. The van der Waals surface area contributed by atoms with Crippen molar-refractivity contribution >= 4 is 23.5 Å². The summed E-state index contributed by atoms with van der Waals surface area (Å²) < 4.78 is 15.0. The topological polar surface area (TPSA) is 72.2 Å². The molecule has 4 rings (SSSR count). The number of rotatable bonds is 3. The number of amides is 1. The molecule has 26 heavy (non-hydrogen) atoms. The SMILES string of the molecule is CC(=O)Nc1nc2n(n1)C(c1ccc(F)cc1)CC(c1ccccc1)=N2. The van der Waals surface area contributed by atoms with E-state index in [0.29, 0.717) is 12.4 Å². The van der Waals surface area contributed by atoms with Gasteiger partial charge in [0.15, 0.2) is 0 Å². The van der Waals surface area contributed by atoms with E-state index in [2.05, 4.69) is 20.4 Å². The van der Waals surface area contributed by atoms with Crippen LogP contribution in [0.3, 0.4) is 0 Å². The fraction of sp³-hybridized carbons (Fsp3) is 0.158. The number of anilines is 1. The van der Waals surface area contributed by atoms with Crippen molar-refractivity contribution in [3.63, 3.8) is 0 Å². The largest absolute Gasteiger partial charge is 0.293 e. The number of aliphatic imine (C=N–C) groups is 1. The van der Waals surface area contributed by atoms with Crippen molar-refractivity contribution in [1.82, 2.24) is 14.8 Å². The Balaban J connectivity index is 1.80. The smallest absolute Gasteiger partial charge is 0.250 e. The minimum absolute atomic E-state index is 0.187. The van der Waals surface area contributed by atoms with Crippen molar-refractivity contribution < 1.29 is 9.18 Å². The summed E-state index contributed by atoms with van der Waals surface area (Å²) >= 11 is 0. The van der Waals surface area contributed by atoms with Gasteiger partial charge in [0.2, 0.25) is 5.91 Å². The van der Waals surface area contributed by atoms with E-state index >= 15 is 0 Å². The van der Waals surface area contributed by atoms with E-state index in [1.54, 1.807) is 16.8 Å². The molecular formula is C19H16FN5O. The number of aromatic nitrogens is 3. The number of benzene rings is 2. The van der Waals surface area contributed by atoms with Crippen LogP contribution in [0, 0.1) is 5.82 Å². The first-order valence-corrected chi connectivity index (χ1v) is 8.23. The lowest BCUT2D eigenvalue weighted by molar-refractivity contribution is -0.114. The van der Waals surface area contributed by atoms with E-state index in [9.17, 15) is 9.18 Å². The molecule has 0 saturated carbocycles. The number of nitrogens with one attached hydrogen (secondary N) is 1. The molecular weight excluding hydrogens is 333 g/mol. The first kappa shape index (κ1) is 16.1. The number of carbonyl (C=O) groups excluding carboxylic acids is 1. The van der Waals surface area contributed by atoms with Crippen LogP contribution >= 0.6 is 0 Å². The number of halogens is 1. The third kappa shape index (κ3) is 3.11. The van der Waals surface area contributed by atoms with Crippen LogP contribution < -0.4 is 5.32 Å².